The Bertz CT molecular complexity index is 6600. The number of fused-ring (bicyclic) bond motifs is 6. The first kappa shape index (κ1) is 94.9. The van der Waals surface area contributed by atoms with Crippen LogP contribution in [0.2, 0.25) is 0 Å². The minimum atomic E-state index is -1.30. The van der Waals surface area contributed by atoms with Gasteiger partial charge in [0, 0.05) is 43.8 Å². The number of carbonyl (C=O) groups excluding carboxylic acids is 6. The van der Waals surface area contributed by atoms with Crippen molar-refractivity contribution in [1.82, 2.24) is 74.8 Å². The van der Waals surface area contributed by atoms with E-state index in [1.807, 2.05) is 38.8 Å². The van der Waals surface area contributed by atoms with Gasteiger partial charge in [0.15, 0.2) is 90.1 Å². The standard InChI is InChI=1S/C14H14N2O7.C13H14N2O7.C12H13N3O6.C11H10N4O6.C11H10N2O7.C11H10N2O6S/c17-9(18)5-15-13(20)10-11(19)12-8(3-4-22-12)16(14(10)21)23-6-7-1-2-7;1-2-4-22-15-7-3-5-21-11(7)10(18)9(13(15)20)12(19)14-6-8(16)17;1-14-4-3-6-9(14)10(18)8(12(20)15(6)21-2)11(19)13-5-7(16)17;1-21-15-9-7(12-2-3-13-9)8(18)6(11(15)20)10(19)14-4-5(16)17;2*1-19-13-5-2-3-20-9(5)8(16)7(11(13)18)10(17)12-4-6(14)15/h3-4,7,19H,1-2,5-6H2,(H,15,20)(H,17,18);3,5,18H,2,4,6H2,1H3,(H,14,19)(H,16,17);3-4,18H,5H2,1-2H3,(H,13,19)(H,16,17);2-3,18H,4H2,1H3,(H,14,19)(H,16,17);2*2-3,16H,4H2,1H3,(H,12,17)(H,14,15). The van der Waals surface area contributed by atoms with E-state index in [9.17, 15) is 117 Å². The summed E-state index contributed by atoms with van der Waals surface area (Å²) in [6.07, 6.45) is 10.4. The minimum absolute atomic E-state index is 0.0720. The smallest absolute Gasteiger partial charge is 0.322 e. The van der Waals surface area contributed by atoms with Crippen LogP contribution in [0.4, 0.5) is 0 Å². The number of nitrogens with one attached hydrogen (secondary N) is 6. The van der Waals surface area contributed by atoms with Crippen molar-refractivity contribution in [3.63, 3.8) is 0 Å². The lowest BCUT2D eigenvalue weighted by molar-refractivity contribution is -0.136. The lowest BCUT2D eigenvalue weighted by atomic mass is 10.2. The Kier molecular flexibility index (Phi) is 31.1. The summed E-state index contributed by atoms with van der Waals surface area (Å²) in [6, 6.07) is 7.31. The number of carbonyl (C=O) groups is 12. The molecule has 1 aliphatic rings. The number of furan rings is 3. The molecule has 18 N–H and O–H groups in total. The fourth-order valence-electron chi connectivity index (χ4n) is 11.0. The molecular formula is C72H71N15O39S. The monoisotopic (exact) mass is 1800 g/mol. The SMILES string of the molecule is CCCOn1c(=O)c(C(=O)NCC(=O)O)c(O)c2occc21.COn1c(=O)c(C(=O)NCC(=O)O)c(O)c2c1ccn2C.COn1c(=O)c(C(=O)NCC(=O)O)c(O)c2nccnc21.COn1c(=O)c(C(=O)NCC(=O)O)c(O)c2occc21.COn1c(=O)c(C(=O)NCC(=O)O)c(O)c2sccc21.O=C(O)CNC(=O)c1c(O)c2occc2n(OCC2CC2)c1=O. The van der Waals surface area contributed by atoms with Crippen LogP contribution in [0.1, 0.15) is 88.3 Å². The Balaban J connectivity index is 0.000000189. The number of hydrogen-bond donors (Lipinski definition) is 18. The largest absolute Gasteiger partial charge is 0.505 e. The van der Waals surface area contributed by atoms with E-state index in [4.69, 9.17) is 72.9 Å². The zero-order valence-corrected chi connectivity index (χ0v) is 66.9. The molecule has 0 saturated heterocycles. The Hall–Kier alpha value is -17.6. The fraction of sp³-hybridized carbons (Fsp3) is 0.250. The van der Waals surface area contributed by atoms with E-state index >= 15 is 0 Å². The first-order valence-electron chi connectivity index (χ1n) is 35.6. The fourth-order valence-corrected chi connectivity index (χ4v) is 11.9. The second-order valence-electron chi connectivity index (χ2n) is 25.1. The molecule has 55 heteroatoms. The molecule has 1 fully saturated rings. The number of aliphatic carboxylic acids is 6. The van der Waals surface area contributed by atoms with Crippen LogP contribution < -0.4 is 94.3 Å². The van der Waals surface area contributed by atoms with Gasteiger partial charge in [0.1, 0.15) is 114 Å². The third kappa shape index (κ3) is 21.2. The van der Waals surface area contributed by atoms with Crippen LogP contribution in [0, 0.1) is 5.92 Å². The maximum absolute atomic E-state index is 12.4. The van der Waals surface area contributed by atoms with Crippen LogP contribution >= 0.6 is 11.3 Å². The number of amides is 6. The highest BCUT2D eigenvalue weighted by atomic mass is 32.1. The molecule has 1 aliphatic carbocycles. The number of pyridine rings is 6. The summed E-state index contributed by atoms with van der Waals surface area (Å²) < 4.78 is 21.8. The van der Waals surface area contributed by atoms with E-state index in [-0.39, 0.29) is 62.1 Å². The second-order valence-corrected chi connectivity index (χ2v) is 26.0. The van der Waals surface area contributed by atoms with Crippen molar-refractivity contribution in [2.75, 3.05) is 80.9 Å². The predicted octanol–water partition coefficient (Wildman–Crippen LogP) is -3.99. The Morgan fingerprint density at radius 1 is 0.409 bits per heavy atom. The summed E-state index contributed by atoms with van der Waals surface area (Å²) in [7, 11) is 6.47. The maximum atomic E-state index is 12.4. The normalized spacial score (nSPS) is 11.1. The number of nitrogens with zero attached hydrogens (tertiary/aromatic N) is 9. The molecular weight excluding hydrogens is 1730 g/mol. The summed E-state index contributed by atoms with van der Waals surface area (Å²) >= 11 is 1.12. The topological polar surface area (TPSA) is 777 Å². The number of carboxylic acid groups (broad SMARTS) is 6. The highest BCUT2D eigenvalue weighted by molar-refractivity contribution is 7.17. The van der Waals surface area contributed by atoms with Gasteiger partial charge in [0.05, 0.1) is 23.5 Å². The average molecular weight is 1800 g/mol. The van der Waals surface area contributed by atoms with Crippen molar-refractivity contribution in [3.05, 3.63) is 169 Å². The van der Waals surface area contributed by atoms with E-state index in [0.29, 0.717) is 33.9 Å². The van der Waals surface area contributed by atoms with Crippen molar-refractivity contribution in [2.45, 2.75) is 26.2 Å². The third-order valence-corrected chi connectivity index (χ3v) is 17.7. The summed E-state index contributed by atoms with van der Waals surface area (Å²) in [5.74, 6) is -17.1. The van der Waals surface area contributed by atoms with Crippen LogP contribution in [0.15, 0.2) is 115 Å². The number of aromatic hydroxyl groups is 6. The summed E-state index contributed by atoms with van der Waals surface area (Å²) in [6.45, 7) is -1.76. The van der Waals surface area contributed by atoms with Gasteiger partial charge >= 0.3 is 52.5 Å². The van der Waals surface area contributed by atoms with E-state index in [2.05, 4.69) is 9.97 Å². The van der Waals surface area contributed by atoms with Crippen molar-refractivity contribution in [3.8, 4) is 34.5 Å². The van der Waals surface area contributed by atoms with Gasteiger partial charge in [-0.05, 0) is 42.7 Å². The molecule has 674 valence electrons. The van der Waals surface area contributed by atoms with Gasteiger partial charge in [-0.25, -0.2) is 9.97 Å². The van der Waals surface area contributed by atoms with E-state index < -0.39 is 212 Å². The first-order chi connectivity index (χ1) is 60.2. The maximum Gasteiger partial charge on any atom is 0.322 e. The van der Waals surface area contributed by atoms with Crippen LogP contribution in [0.5, 0.6) is 34.5 Å². The third-order valence-electron chi connectivity index (χ3n) is 16.8. The number of carboxylic acids is 6. The number of thiophene rings is 1. The molecule has 6 amide bonds. The highest BCUT2D eigenvalue weighted by Gasteiger charge is 2.33. The average Bonchev–Trinajstić information content (AvgIpc) is 1.77. The molecule has 0 atom stereocenters. The van der Waals surface area contributed by atoms with E-state index in [0.717, 1.165) is 47.8 Å². The molecule has 12 heterocycles. The van der Waals surface area contributed by atoms with Crippen molar-refractivity contribution >= 4 is 148 Å². The predicted molar refractivity (Wildman–Crippen MR) is 424 cm³/mol. The van der Waals surface area contributed by atoms with Gasteiger partial charge in [-0.2, -0.15) is 0 Å². The molecule has 0 unspecified atom stereocenters. The lowest BCUT2D eigenvalue weighted by Gasteiger charge is -2.12. The summed E-state index contributed by atoms with van der Waals surface area (Å²) in [4.78, 5) is 245. The molecule has 54 nitrogen and oxygen atoms in total. The lowest BCUT2D eigenvalue weighted by Crippen LogP contribution is -2.37. The Labute approximate surface area is 704 Å². The first-order valence-corrected chi connectivity index (χ1v) is 36.5. The Morgan fingerprint density at radius 2 is 0.732 bits per heavy atom. The molecule has 0 aromatic carbocycles. The zero-order chi connectivity index (χ0) is 93.9. The minimum Gasteiger partial charge on any atom is -0.505 e. The van der Waals surface area contributed by atoms with Gasteiger partial charge in [0.25, 0.3) is 52.1 Å². The molecule has 13 rings (SSSR count). The highest BCUT2D eigenvalue weighted by Crippen LogP contribution is 2.34. The van der Waals surface area contributed by atoms with Crippen LogP contribution in [0.3, 0.4) is 0 Å². The molecule has 0 radical (unpaired) electrons. The van der Waals surface area contributed by atoms with E-state index in [1.54, 1.807) is 30.8 Å². The van der Waals surface area contributed by atoms with Gasteiger partial charge in [0.2, 0.25) is 5.65 Å². The molecule has 0 spiro atoms. The van der Waals surface area contributed by atoms with Crippen LogP contribution in [-0.2, 0) is 35.8 Å². The summed E-state index contributed by atoms with van der Waals surface area (Å²) in [5, 5.41) is 125. The molecule has 1 saturated carbocycles. The number of aromatic nitrogens is 9. The van der Waals surface area contributed by atoms with Crippen molar-refractivity contribution < 1.29 is 161 Å². The van der Waals surface area contributed by atoms with Crippen molar-refractivity contribution in [2.24, 2.45) is 13.0 Å². The number of aryl methyl sites for hydroxylation is 1. The van der Waals surface area contributed by atoms with Crippen molar-refractivity contribution in [1.29, 1.82) is 0 Å². The molecule has 12 aromatic rings. The molecule has 12 aromatic heterocycles. The van der Waals surface area contributed by atoms with Crippen LogP contribution in [-0.4, -0.2) is 256 Å². The zero-order valence-electron chi connectivity index (χ0n) is 66.1. The number of rotatable bonds is 28. The molecule has 127 heavy (non-hydrogen) atoms. The number of hydrogen-bond acceptors (Lipinski definition) is 36. The summed E-state index contributed by atoms with van der Waals surface area (Å²) in [5.41, 5.74) is -8.30. The van der Waals surface area contributed by atoms with Gasteiger partial charge in [-0.3, -0.25) is 86.3 Å². The molecule has 0 aliphatic heterocycles. The van der Waals surface area contributed by atoms with Gasteiger partial charge < -0.3 is 140 Å². The van der Waals surface area contributed by atoms with Gasteiger partial charge in [-0.1, -0.05) is 6.92 Å². The van der Waals surface area contributed by atoms with Crippen LogP contribution in [0.25, 0.3) is 65.7 Å². The Morgan fingerprint density at radius 3 is 1.10 bits per heavy atom. The second kappa shape index (κ2) is 41.6. The van der Waals surface area contributed by atoms with Gasteiger partial charge in [-0.15, -0.1) is 39.7 Å². The molecule has 0 bridgehead atoms. The quantitative estimate of drug-likeness (QED) is 0.0222. The van der Waals surface area contributed by atoms with E-state index in [1.165, 1.54) is 82.4 Å².